The van der Waals surface area contributed by atoms with Crippen LogP contribution in [0.25, 0.3) is 0 Å². The minimum Gasteiger partial charge on any atom is -0.350 e. The predicted molar refractivity (Wildman–Crippen MR) is 129 cm³/mol. The van der Waals surface area contributed by atoms with Crippen molar-refractivity contribution in [2.24, 2.45) is 0 Å². The molecule has 2 rings (SSSR count). The van der Waals surface area contributed by atoms with Crippen LogP contribution in [0.5, 0.6) is 0 Å². The van der Waals surface area contributed by atoms with Crippen LogP contribution in [-0.2, 0) is 22.6 Å². The molecule has 31 heavy (non-hydrogen) atoms. The number of nitrogens with zero attached hydrogens (tertiary/aromatic N) is 1. The molecule has 2 aromatic carbocycles. The first kappa shape index (κ1) is 25.2. The Morgan fingerprint density at radius 1 is 1.06 bits per heavy atom. The van der Waals surface area contributed by atoms with E-state index in [9.17, 15) is 9.59 Å². The Morgan fingerprint density at radius 3 is 2.23 bits per heavy atom. The molecule has 0 heterocycles. The molecule has 4 nitrogen and oxygen atoms in total. The van der Waals surface area contributed by atoms with Crippen molar-refractivity contribution in [2.75, 3.05) is 0 Å². The van der Waals surface area contributed by atoms with Gasteiger partial charge in [0, 0.05) is 27.7 Å². The number of carbonyl (C=O) groups is 2. The van der Waals surface area contributed by atoms with Crippen LogP contribution in [0.15, 0.2) is 36.4 Å². The Morgan fingerprint density at radius 2 is 1.68 bits per heavy atom. The van der Waals surface area contributed by atoms with E-state index in [1.807, 2.05) is 59.7 Å². The summed E-state index contributed by atoms with van der Waals surface area (Å²) >= 11 is 12.8. The standard InChI is InChI=1S/C25H32Cl2N2O2/c1-7-22(24(31)28-25(4,5)6)29(15-19-20(26)9-8-10-21(19)27)23(30)14-18-13-16(2)11-12-17(18)3/h8-13,22H,7,14-15H2,1-6H3,(H,28,31)/t22-/m0/s1. The smallest absolute Gasteiger partial charge is 0.243 e. The SMILES string of the molecule is CC[C@@H](C(=O)NC(C)(C)C)N(Cc1c(Cl)cccc1Cl)C(=O)Cc1cc(C)ccc1C. The van der Waals surface area contributed by atoms with E-state index in [0.29, 0.717) is 22.0 Å². The van der Waals surface area contributed by atoms with E-state index in [4.69, 9.17) is 23.2 Å². The van der Waals surface area contributed by atoms with Crippen molar-refractivity contribution < 1.29 is 9.59 Å². The molecule has 0 aromatic heterocycles. The highest BCUT2D eigenvalue weighted by Crippen LogP contribution is 2.27. The third kappa shape index (κ3) is 6.98. The fraction of sp³-hybridized carbons (Fsp3) is 0.440. The summed E-state index contributed by atoms with van der Waals surface area (Å²) in [6.45, 7) is 11.8. The lowest BCUT2D eigenvalue weighted by molar-refractivity contribution is -0.141. The summed E-state index contributed by atoms with van der Waals surface area (Å²) in [7, 11) is 0. The monoisotopic (exact) mass is 462 g/mol. The Bertz CT molecular complexity index is 931. The maximum absolute atomic E-state index is 13.5. The van der Waals surface area contributed by atoms with Crippen molar-refractivity contribution in [3.63, 3.8) is 0 Å². The van der Waals surface area contributed by atoms with E-state index in [1.165, 1.54) is 0 Å². The molecule has 0 saturated carbocycles. The molecule has 1 atom stereocenters. The third-order valence-corrected chi connectivity index (χ3v) is 5.83. The van der Waals surface area contributed by atoms with E-state index >= 15 is 0 Å². The lowest BCUT2D eigenvalue weighted by Gasteiger charge is -2.33. The van der Waals surface area contributed by atoms with Crippen LogP contribution in [0.3, 0.4) is 0 Å². The number of rotatable bonds is 7. The lowest BCUT2D eigenvalue weighted by atomic mass is 10.0. The molecule has 168 valence electrons. The van der Waals surface area contributed by atoms with Crippen LogP contribution in [0.4, 0.5) is 0 Å². The minimum atomic E-state index is -0.635. The molecule has 0 aliphatic rings. The van der Waals surface area contributed by atoms with Gasteiger partial charge in [-0.15, -0.1) is 0 Å². The topological polar surface area (TPSA) is 49.4 Å². The van der Waals surface area contributed by atoms with Gasteiger partial charge in [-0.2, -0.15) is 0 Å². The fourth-order valence-electron chi connectivity index (χ4n) is 3.48. The summed E-state index contributed by atoms with van der Waals surface area (Å²) in [4.78, 5) is 28.2. The Kier molecular flexibility index (Phi) is 8.56. The zero-order valence-electron chi connectivity index (χ0n) is 19.2. The summed E-state index contributed by atoms with van der Waals surface area (Å²) < 4.78 is 0. The van der Waals surface area contributed by atoms with Gasteiger partial charge in [-0.05, 0) is 64.3 Å². The van der Waals surface area contributed by atoms with Gasteiger partial charge in [-0.1, -0.05) is 60.0 Å². The quantitative estimate of drug-likeness (QED) is 0.558. The van der Waals surface area contributed by atoms with Crippen molar-refractivity contribution in [1.82, 2.24) is 10.2 Å². The molecule has 0 radical (unpaired) electrons. The van der Waals surface area contributed by atoms with Crippen LogP contribution >= 0.6 is 23.2 Å². The highest BCUT2D eigenvalue weighted by Gasteiger charge is 2.31. The van der Waals surface area contributed by atoms with Crippen molar-refractivity contribution in [3.05, 3.63) is 68.7 Å². The molecular weight excluding hydrogens is 431 g/mol. The molecular formula is C25H32Cl2N2O2. The molecule has 2 aromatic rings. The van der Waals surface area contributed by atoms with E-state index in [2.05, 4.69) is 5.32 Å². The van der Waals surface area contributed by atoms with Crippen LogP contribution in [0, 0.1) is 13.8 Å². The number of hydrogen-bond donors (Lipinski definition) is 1. The number of nitrogens with one attached hydrogen (secondary N) is 1. The predicted octanol–water partition coefficient (Wildman–Crippen LogP) is 5.87. The molecule has 0 saturated heterocycles. The molecule has 0 aliphatic carbocycles. The van der Waals surface area contributed by atoms with E-state index in [-0.39, 0.29) is 24.8 Å². The average molecular weight is 463 g/mol. The second kappa shape index (κ2) is 10.5. The minimum absolute atomic E-state index is 0.138. The fourth-order valence-corrected chi connectivity index (χ4v) is 4.00. The van der Waals surface area contributed by atoms with Crippen LogP contribution < -0.4 is 5.32 Å². The number of aryl methyl sites for hydroxylation is 2. The lowest BCUT2D eigenvalue weighted by Crippen LogP contribution is -2.53. The normalized spacial score (nSPS) is 12.4. The average Bonchev–Trinajstić information content (AvgIpc) is 2.65. The van der Waals surface area contributed by atoms with Gasteiger partial charge in [0.15, 0.2) is 0 Å². The first-order valence-corrected chi connectivity index (χ1v) is 11.3. The van der Waals surface area contributed by atoms with Gasteiger partial charge >= 0.3 is 0 Å². The van der Waals surface area contributed by atoms with Crippen LogP contribution in [0.2, 0.25) is 10.0 Å². The van der Waals surface area contributed by atoms with Crippen molar-refractivity contribution in [3.8, 4) is 0 Å². The first-order chi connectivity index (χ1) is 14.4. The largest absolute Gasteiger partial charge is 0.350 e. The molecule has 0 unspecified atom stereocenters. The summed E-state index contributed by atoms with van der Waals surface area (Å²) in [5.41, 5.74) is 3.32. The van der Waals surface area contributed by atoms with Crippen LogP contribution in [0.1, 0.15) is 56.4 Å². The molecule has 0 aliphatic heterocycles. The number of amides is 2. The number of carbonyl (C=O) groups excluding carboxylic acids is 2. The van der Waals surface area contributed by atoms with E-state index in [0.717, 1.165) is 16.7 Å². The molecule has 0 fully saturated rings. The van der Waals surface area contributed by atoms with Gasteiger partial charge in [0.2, 0.25) is 11.8 Å². The first-order valence-electron chi connectivity index (χ1n) is 10.5. The summed E-state index contributed by atoms with van der Waals surface area (Å²) in [5, 5.41) is 3.96. The van der Waals surface area contributed by atoms with Gasteiger partial charge in [-0.25, -0.2) is 0 Å². The van der Waals surface area contributed by atoms with Gasteiger partial charge in [-0.3, -0.25) is 9.59 Å². The molecule has 2 amide bonds. The Balaban J connectivity index is 2.43. The van der Waals surface area contributed by atoms with Gasteiger partial charge < -0.3 is 10.2 Å². The third-order valence-electron chi connectivity index (χ3n) is 5.12. The Hall–Kier alpha value is -2.04. The summed E-state index contributed by atoms with van der Waals surface area (Å²) in [6.07, 6.45) is 0.678. The molecule has 0 spiro atoms. The zero-order valence-corrected chi connectivity index (χ0v) is 20.7. The second-order valence-electron chi connectivity index (χ2n) is 8.99. The summed E-state index contributed by atoms with van der Waals surface area (Å²) in [5.74, 6) is -0.326. The summed E-state index contributed by atoms with van der Waals surface area (Å²) in [6, 6.07) is 10.7. The highest BCUT2D eigenvalue weighted by molar-refractivity contribution is 6.36. The Labute approximate surface area is 195 Å². The molecule has 6 heteroatoms. The van der Waals surface area contributed by atoms with E-state index < -0.39 is 11.6 Å². The van der Waals surface area contributed by atoms with Crippen LogP contribution in [-0.4, -0.2) is 28.3 Å². The maximum Gasteiger partial charge on any atom is 0.243 e. The second-order valence-corrected chi connectivity index (χ2v) is 9.81. The number of halogens is 2. The van der Waals surface area contributed by atoms with Crippen molar-refractivity contribution in [1.29, 1.82) is 0 Å². The van der Waals surface area contributed by atoms with Gasteiger partial charge in [0.25, 0.3) is 0 Å². The van der Waals surface area contributed by atoms with Crippen molar-refractivity contribution >= 4 is 35.0 Å². The van der Waals surface area contributed by atoms with Crippen molar-refractivity contribution in [2.45, 2.75) is 72.5 Å². The molecule has 0 bridgehead atoms. The molecule has 1 N–H and O–H groups in total. The van der Waals surface area contributed by atoms with Gasteiger partial charge in [0.05, 0.1) is 6.42 Å². The number of hydrogen-bond acceptors (Lipinski definition) is 2. The van der Waals surface area contributed by atoms with Gasteiger partial charge in [0.1, 0.15) is 6.04 Å². The highest BCUT2D eigenvalue weighted by atomic mass is 35.5. The zero-order chi connectivity index (χ0) is 23.3. The number of benzene rings is 2. The van der Waals surface area contributed by atoms with E-state index in [1.54, 1.807) is 23.1 Å². The maximum atomic E-state index is 13.5.